The molecule has 0 unspecified atom stereocenters. The molecule has 0 radical (unpaired) electrons. The van der Waals surface area contributed by atoms with Crippen molar-refractivity contribution in [2.24, 2.45) is 5.92 Å². The van der Waals surface area contributed by atoms with Gasteiger partial charge in [0.05, 0.1) is 6.54 Å². The van der Waals surface area contributed by atoms with Crippen LogP contribution in [0, 0.1) is 5.92 Å². The summed E-state index contributed by atoms with van der Waals surface area (Å²) < 4.78 is 0. The molecular formula is C20H32N4O2. The smallest absolute Gasteiger partial charge is 0.234 e. The second kappa shape index (κ2) is 10.2. The molecule has 1 aromatic rings. The second-order valence-corrected chi connectivity index (χ2v) is 7.22. The Kier molecular flexibility index (Phi) is 7.91. The average molecular weight is 361 g/mol. The Balaban J connectivity index is 1.59. The number of carbonyl (C=O) groups excluding carboxylic acids is 2. The number of nitrogens with zero attached hydrogens (tertiary/aromatic N) is 3. The fourth-order valence-corrected chi connectivity index (χ4v) is 3.11. The molecule has 0 saturated carbocycles. The van der Waals surface area contributed by atoms with Gasteiger partial charge >= 0.3 is 0 Å². The highest BCUT2D eigenvalue weighted by atomic mass is 16.2. The van der Waals surface area contributed by atoms with Crippen molar-refractivity contribution in [1.29, 1.82) is 0 Å². The molecule has 1 heterocycles. The highest BCUT2D eigenvalue weighted by Gasteiger charge is 2.23. The highest BCUT2D eigenvalue weighted by molar-refractivity contribution is 5.79. The quantitative estimate of drug-likeness (QED) is 0.713. The number of nitrogens with one attached hydrogen (secondary N) is 1. The molecule has 2 amide bonds. The Bertz CT molecular complexity index is 568. The van der Waals surface area contributed by atoms with Crippen molar-refractivity contribution >= 4 is 17.5 Å². The summed E-state index contributed by atoms with van der Waals surface area (Å²) in [6.45, 7) is 8.82. The molecule has 1 aliphatic rings. The normalized spacial score (nSPS) is 15.2. The van der Waals surface area contributed by atoms with Gasteiger partial charge in [0.25, 0.3) is 0 Å². The predicted octanol–water partition coefficient (Wildman–Crippen LogP) is 1.43. The molecule has 0 aliphatic carbocycles. The van der Waals surface area contributed by atoms with Crippen LogP contribution in [-0.4, -0.2) is 74.5 Å². The molecule has 6 heteroatoms. The van der Waals surface area contributed by atoms with Gasteiger partial charge < -0.3 is 15.1 Å². The van der Waals surface area contributed by atoms with Gasteiger partial charge in [-0.05, 0) is 18.6 Å². The van der Waals surface area contributed by atoms with Gasteiger partial charge in [-0.3, -0.25) is 14.5 Å². The van der Waals surface area contributed by atoms with E-state index in [9.17, 15) is 9.59 Å². The van der Waals surface area contributed by atoms with E-state index in [0.717, 1.165) is 26.1 Å². The molecule has 26 heavy (non-hydrogen) atoms. The van der Waals surface area contributed by atoms with Crippen LogP contribution in [0.25, 0.3) is 0 Å². The number of hydrogen-bond acceptors (Lipinski definition) is 4. The summed E-state index contributed by atoms with van der Waals surface area (Å²) in [5.41, 5.74) is 1.19. The fraction of sp³-hybridized carbons (Fsp3) is 0.600. The van der Waals surface area contributed by atoms with E-state index in [1.165, 1.54) is 5.69 Å². The van der Waals surface area contributed by atoms with Crippen molar-refractivity contribution < 1.29 is 9.59 Å². The zero-order chi connectivity index (χ0) is 18.9. The van der Waals surface area contributed by atoms with Crippen molar-refractivity contribution in [3.05, 3.63) is 30.3 Å². The van der Waals surface area contributed by atoms with Crippen LogP contribution < -0.4 is 10.2 Å². The summed E-state index contributed by atoms with van der Waals surface area (Å²) in [6, 6.07) is 10.2. The van der Waals surface area contributed by atoms with Gasteiger partial charge in [-0.2, -0.15) is 0 Å². The number of hydrogen-bond donors (Lipinski definition) is 1. The minimum atomic E-state index is 0.0406. The van der Waals surface area contributed by atoms with Crippen LogP contribution in [0.3, 0.4) is 0 Å². The lowest BCUT2D eigenvalue weighted by Gasteiger charge is -2.35. The summed E-state index contributed by atoms with van der Waals surface area (Å²) in [5, 5.41) is 3.00. The Morgan fingerprint density at radius 1 is 1.12 bits per heavy atom. The predicted molar refractivity (Wildman–Crippen MR) is 105 cm³/mol. The third-order valence-corrected chi connectivity index (χ3v) is 4.73. The zero-order valence-corrected chi connectivity index (χ0v) is 16.3. The summed E-state index contributed by atoms with van der Waals surface area (Å²) in [5.74, 6) is 0.312. The topological polar surface area (TPSA) is 55.9 Å². The minimum Gasteiger partial charge on any atom is -0.375 e. The molecule has 0 atom stereocenters. The first-order valence-corrected chi connectivity index (χ1v) is 9.51. The van der Waals surface area contributed by atoms with Gasteiger partial charge in [-0.1, -0.05) is 32.0 Å². The van der Waals surface area contributed by atoms with Crippen LogP contribution in [0.2, 0.25) is 0 Å². The SMILES string of the molecule is CC(C)C(=O)N1CCN(CC(=O)NCCCN(C)c2ccccc2)CC1. The lowest BCUT2D eigenvalue weighted by atomic mass is 10.1. The van der Waals surface area contributed by atoms with Crippen molar-refractivity contribution in [2.75, 3.05) is 57.8 Å². The molecule has 0 aromatic heterocycles. The van der Waals surface area contributed by atoms with Crippen LogP contribution in [0.1, 0.15) is 20.3 Å². The number of piperazine rings is 1. The third kappa shape index (κ3) is 6.33. The summed E-state index contributed by atoms with van der Waals surface area (Å²) in [6.07, 6.45) is 0.911. The number of amides is 2. The standard InChI is InChI=1S/C20H32N4O2/c1-17(2)20(26)24-14-12-23(13-15-24)16-19(25)21-10-7-11-22(3)18-8-5-4-6-9-18/h4-6,8-9,17H,7,10-16H2,1-3H3,(H,21,25). The largest absolute Gasteiger partial charge is 0.375 e. The molecule has 144 valence electrons. The van der Waals surface area contributed by atoms with E-state index in [2.05, 4.69) is 34.3 Å². The molecule has 0 bridgehead atoms. The molecular weight excluding hydrogens is 328 g/mol. The summed E-state index contributed by atoms with van der Waals surface area (Å²) in [4.78, 5) is 30.3. The number of benzene rings is 1. The highest BCUT2D eigenvalue weighted by Crippen LogP contribution is 2.10. The van der Waals surface area contributed by atoms with Gasteiger partial charge in [-0.15, -0.1) is 0 Å². The number of carbonyl (C=O) groups is 2. The van der Waals surface area contributed by atoms with Crippen molar-refractivity contribution in [3.63, 3.8) is 0 Å². The monoisotopic (exact) mass is 360 g/mol. The first-order chi connectivity index (χ1) is 12.5. The Morgan fingerprint density at radius 3 is 2.38 bits per heavy atom. The summed E-state index contributed by atoms with van der Waals surface area (Å²) in [7, 11) is 2.06. The third-order valence-electron chi connectivity index (χ3n) is 4.73. The lowest BCUT2D eigenvalue weighted by molar-refractivity contribution is -0.136. The molecule has 1 aliphatic heterocycles. The van der Waals surface area contributed by atoms with Gasteiger partial charge in [0.1, 0.15) is 0 Å². The number of rotatable bonds is 8. The Hall–Kier alpha value is -2.08. The molecule has 1 aromatic carbocycles. The summed E-state index contributed by atoms with van der Waals surface area (Å²) >= 11 is 0. The molecule has 1 N–H and O–H groups in total. The van der Waals surface area contributed by atoms with Crippen molar-refractivity contribution in [2.45, 2.75) is 20.3 Å². The zero-order valence-electron chi connectivity index (χ0n) is 16.3. The number of anilines is 1. The maximum Gasteiger partial charge on any atom is 0.234 e. The van der Waals surface area contributed by atoms with Crippen LogP contribution in [0.5, 0.6) is 0 Å². The van der Waals surface area contributed by atoms with E-state index < -0.39 is 0 Å². The number of para-hydroxylation sites is 1. The van der Waals surface area contributed by atoms with Crippen molar-refractivity contribution in [1.82, 2.24) is 15.1 Å². The van der Waals surface area contributed by atoms with Gasteiger partial charge in [0.2, 0.25) is 11.8 Å². The fourth-order valence-electron chi connectivity index (χ4n) is 3.11. The Morgan fingerprint density at radius 2 is 1.77 bits per heavy atom. The molecule has 0 spiro atoms. The van der Waals surface area contributed by atoms with Crippen molar-refractivity contribution in [3.8, 4) is 0 Å². The van der Waals surface area contributed by atoms with Crippen LogP contribution in [0.4, 0.5) is 5.69 Å². The van der Waals surface area contributed by atoms with Crippen LogP contribution in [-0.2, 0) is 9.59 Å². The van der Waals surface area contributed by atoms with E-state index in [0.29, 0.717) is 26.2 Å². The van der Waals surface area contributed by atoms with E-state index in [-0.39, 0.29) is 17.7 Å². The second-order valence-electron chi connectivity index (χ2n) is 7.22. The molecule has 1 fully saturated rings. The minimum absolute atomic E-state index is 0.0406. The average Bonchev–Trinajstić information content (AvgIpc) is 2.65. The van der Waals surface area contributed by atoms with E-state index in [1.54, 1.807) is 0 Å². The Labute approximate surface area is 157 Å². The van der Waals surface area contributed by atoms with E-state index in [1.807, 2.05) is 36.9 Å². The first-order valence-electron chi connectivity index (χ1n) is 9.51. The first kappa shape index (κ1) is 20.2. The van der Waals surface area contributed by atoms with E-state index >= 15 is 0 Å². The van der Waals surface area contributed by atoms with Gasteiger partial charge in [-0.25, -0.2) is 0 Å². The van der Waals surface area contributed by atoms with Crippen LogP contribution >= 0.6 is 0 Å². The molecule has 6 nitrogen and oxygen atoms in total. The van der Waals surface area contributed by atoms with Crippen LogP contribution in [0.15, 0.2) is 30.3 Å². The van der Waals surface area contributed by atoms with Gasteiger partial charge in [0.15, 0.2) is 0 Å². The molecule has 2 rings (SSSR count). The maximum atomic E-state index is 12.1. The lowest BCUT2D eigenvalue weighted by Crippen LogP contribution is -2.52. The maximum absolute atomic E-state index is 12.1. The molecule has 1 saturated heterocycles. The van der Waals surface area contributed by atoms with E-state index in [4.69, 9.17) is 0 Å². The van der Waals surface area contributed by atoms with Gasteiger partial charge in [0, 0.05) is 57.9 Å².